The monoisotopic (exact) mass is 514 g/mol. The highest BCUT2D eigenvalue weighted by Crippen LogP contribution is 2.38. The Labute approximate surface area is 233 Å². The molecule has 3 nitrogen and oxygen atoms in total. The third kappa shape index (κ3) is 4.55. The highest BCUT2D eigenvalue weighted by atomic mass is 16.3. The first-order valence-electron chi connectivity index (χ1n) is 13.4. The predicted molar refractivity (Wildman–Crippen MR) is 165 cm³/mol. The third-order valence-electron chi connectivity index (χ3n) is 7.12. The second kappa shape index (κ2) is 10.4. The SMILES string of the molecule is c1ccc(-c2ccc(N(c3ccccc3)c3ccc(-c4cccc5oc(-c6ccccc6)nc45)cc3)cc2)cc1. The van der Waals surface area contributed by atoms with Gasteiger partial charge in [0.05, 0.1) is 0 Å². The van der Waals surface area contributed by atoms with E-state index in [0.29, 0.717) is 5.89 Å². The van der Waals surface area contributed by atoms with E-state index in [2.05, 4.69) is 108 Å². The van der Waals surface area contributed by atoms with Gasteiger partial charge in [0, 0.05) is 28.2 Å². The standard InChI is InChI=1S/C37H26N2O/c1-4-11-27(12-5-1)28-19-23-32(24-20-28)39(31-15-8-3-9-16-31)33-25-21-29(22-26-33)34-17-10-18-35-36(34)38-37(40-35)30-13-6-2-7-14-30/h1-26H. The molecule has 0 aliphatic carbocycles. The molecule has 7 rings (SSSR count). The van der Waals surface area contributed by atoms with Gasteiger partial charge in [-0.3, -0.25) is 0 Å². The number of rotatable bonds is 6. The van der Waals surface area contributed by atoms with Gasteiger partial charge in [0.25, 0.3) is 0 Å². The first-order chi connectivity index (χ1) is 19.8. The van der Waals surface area contributed by atoms with Crippen LogP contribution in [0.2, 0.25) is 0 Å². The molecule has 0 amide bonds. The molecule has 3 heteroatoms. The van der Waals surface area contributed by atoms with Crippen LogP contribution in [0, 0.1) is 0 Å². The Kier molecular flexibility index (Phi) is 6.15. The molecule has 0 fully saturated rings. The number of anilines is 3. The van der Waals surface area contributed by atoms with Gasteiger partial charge in [-0.15, -0.1) is 0 Å². The normalized spacial score (nSPS) is 11.0. The summed E-state index contributed by atoms with van der Waals surface area (Å²) in [5.41, 5.74) is 10.5. The maximum atomic E-state index is 6.12. The van der Waals surface area contributed by atoms with Crippen molar-refractivity contribution in [2.75, 3.05) is 4.90 Å². The summed E-state index contributed by atoms with van der Waals surface area (Å²) in [5, 5.41) is 0. The van der Waals surface area contributed by atoms with Crippen LogP contribution in [0.4, 0.5) is 17.1 Å². The number of oxazole rings is 1. The average molecular weight is 515 g/mol. The first-order valence-corrected chi connectivity index (χ1v) is 13.4. The Morgan fingerprint density at radius 2 is 0.900 bits per heavy atom. The van der Waals surface area contributed by atoms with E-state index in [1.54, 1.807) is 0 Å². The lowest BCUT2D eigenvalue weighted by Crippen LogP contribution is -2.09. The number of hydrogen-bond acceptors (Lipinski definition) is 3. The van der Waals surface area contributed by atoms with Crippen molar-refractivity contribution in [3.63, 3.8) is 0 Å². The molecule has 0 saturated carbocycles. The fourth-order valence-electron chi connectivity index (χ4n) is 5.13. The number of nitrogens with zero attached hydrogens (tertiary/aromatic N) is 2. The van der Waals surface area contributed by atoms with Crippen molar-refractivity contribution in [3.8, 4) is 33.7 Å². The average Bonchev–Trinajstić information content (AvgIpc) is 3.48. The van der Waals surface area contributed by atoms with Crippen molar-refractivity contribution in [1.82, 2.24) is 4.98 Å². The lowest BCUT2D eigenvalue weighted by Gasteiger charge is -2.26. The minimum absolute atomic E-state index is 0.633. The van der Waals surface area contributed by atoms with Crippen molar-refractivity contribution in [2.45, 2.75) is 0 Å². The zero-order valence-corrected chi connectivity index (χ0v) is 21.8. The molecule has 0 bridgehead atoms. The summed E-state index contributed by atoms with van der Waals surface area (Å²) < 4.78 is 6.12. The molecular weight excluding hydrogens is 488 g/mol. The summed E-state index contributed by atoms with van der Waals surface area (Å²) in [7, 11) is 0. The fraction of sp³-hybridized carbons (Fsp3) is 0. The summed E-state index contributed by atoms with van der Waals surface area (Å²) in [6.45, 7) is 0. The maximum Gasteiger partial charge on any atom is 0.227 e. The zero-order chi connectivity index (χ0) is 26.7. The highest BCUT2D eigenvalue weighted by molar-refractivity contribution is 5.92. The predicted octanol–water partition coefficient (Wildman–Crippen LogP) is 10.3. The Morgan fingerprint density at radius 3 is 1.52 bits per heavy atom. The van der Waals surface area contributed by atoms with Crippen LogP contribution in [0.3, 0.4) is 0 Å². The van der Waals surface area contributed by atoms with E-state index in [1.807, 2.05) is 54.6 Å². The Morgan fingerprint density at radius 1 is 0.400 bits per heavy atom. The van der Waals surface area contributed by atoms with E-state index < -0.39 is 0 Å². The Balaban J connectivity index is 1.25. The van der Waals surface area contributed by atoms with Crippen LogP contribution >= 0.6 is 0 Å². The van der Waals surface area contributed by atoms with Gasteiger partial charge in [-0.05, 0) is 71.3 Å². The van der Waals surface area contributed by atoms with Gasteiger partial charge in [0.1, 0.15) is 5.52 Å². The molecule has 0 spiro atoms. The van der Waals surface area contributed by atoms with Crippen molar-refractivity contribution < 1.29 is 4.42 Å². The van der Waals surface area contributed by atoms with Crippen LogP contribution in [-0.4, -0.2) is 4.98 Å². The number of benzene rings is 6. The third-order valence-corrected chi connectivity index (χ3v) is 7.12. The van der Waals surface area contributed by atoms with Crippen molar-refractivity contribution in [1.29, 1.82) is 0 Å². The second-order valence-electron chi connectivity index (χ2n) is 9.67. The number of para-hydroxylation sites is 2. The van der Waals surface area contributed by atoms with Crippen LogP contribution < -0.4 is 4.90 Å². The molecule has 0 N–H and O–H groups in total. The molecule has 1 heterocycles. The quantitative estimate of drug-likeness (QED) is 0.221. The molecule has 40 heavy (non-hydrogen) atoms. The molecule has 0 radical (unpaired) electrons. The molecule has 0 unspecified atom stereocenters. The lowest BCUT2D eigenvalue weighted by atomic mass is 10.0. The summed E-state index contributed by atoms with van der Waals surface area (Å²) in [6.07, 6.45) is 0. The van der Waals surface area contributed by atoms with Crippen LogP contribution in [0.15, 0.2) is 162 Å². The molecule has 1 aromatic heterocycles. The van der Waals surface area contributed by atoms with Gasteiger partial charge in [-0.25, -0.2) is 4.98 Å². The van der Waals surface area contributed by atoms with Gasteiger partial charge in [-0.1, -0.05) is 103 Å². The molecular formula is C37H26N2O. The Bertz CT molecular complexity index is 1860. The largest absolute Gasteiger partial charge is 0.436 e. The van der Waals surface area contributed by atoms with E-state index in [-0.39, 0.29) is 0 Å². The van der Waals surface area contributed by atoms with Gasteiger partial charge in [0.15, 0.2) is 5.58 Å². The van der Waals surface area contributed by atoms with Crippen LogP contribution in [-0.2, 0) is 0 Å². The smallest absolute Gasteiger partial charge is 0.227 e. The van der Waals surface area contributed by atoms with E-state index in [1.165, 1.54) is 11.1 Å². The molecule has 6 aromatic carbocycles. The van der Waals surface area contributed by atoms with Crippen LogP contribution in [0.1, 0.15) is 0 Å². The zero-order valence-electron chi connectivity index (χ0n) is 21.8. The summed E-state index contributed by atoms with van der Waals surface area (Å²) in [6, 6.07) is 54.5. The molecule has 0 aliphatic rings. The molecule has 0 aliphatic heterocycles. The fourth-order valence-corrected chi connectivity index (χ4v) is 5.13. The molecule has 0 saturated heterocycles. The van der Waals surface area contributed by atoms with Gasteiger partial charge in [0.2, 0.25) is 5.89 Å². The first kappa shape index (κ1) is 23.7. The van der Waals surface area contributed by atoms with Gasteiger partial charge >= 0.3 is 0 Å². The summed E-state index contributed by atoms with van der Waals surface area (Å²) in [4.78, 5) is 7.15. The van der Waals surface area contributed by atoms with E-state index in [0.717, 1.165) is 44.9 Å². The summed E-state index contributed by atoms with van der Waals surface area (Å²) in [5.74, 6) is 0.633. The van der Waals surface area contributed by atoms with Crippen LogP contribution in [0.25, 0.3) is 44.8 Å². The molecule has 0 atom stereocenters. The van der Waals surface area contributed by atoms with E-state index in [9.17, 15) is 0 Å². The minimum Gasteiger partial charge on any atom is -0.436 e. The number of fused-ring (bicyclic) bond motifs is 1. The van der Waals surface area contributed by atoms with E-state index >= 15 is 0 Å². The van der Waals surface area contributed by atoms with Crippen molar-refractivity contribution in [3.05, 3.63) is 158 Å². The Hall–Kier alpha value is -5.41. The number of hydrogen-bond donors (Lipinski definition) is 0. The van der Waals surface area contributed by atoms with Crippen LogP contribution in [0.5, 0.6) is 0 Å². The molecule has 190 valence electrons. The number of aromatic nitrogens is 1. The minimum atomic E-state index is 0.633. The highest BCUT2D eigenvalue weighted by Gasteiger charge is 2.15. The molecule has 7 aromatic rings. The van der Waals surface area contributed by atoms with E-state index in [4.69, 9.17) is 9.40 Å². The summed E-state index contributed by atoms with van der Waals surface area (Å²) >= 11 is 0. The lowest BCUT2D eigenvalue weighted by molar-refractivity contribution is 0.620. The van der Waals surface area contributed by atoms with Gasteiger partial charge in [-0.2, -0.15) is 0 Å². The topological polar surface area (TPSA) is 29.3 Å². The van der Waals surface area contributed by atoms with Gasteiger partial charge < -0.3 is 9.32 Å². The maximum absolute atomic E-state index is 6.12. The van der Waals surface area contributed by atoms with Crippen molar-refractivity contribution >= 4 is 28.2 Å². The second-order valence-corrected chi connectivity index (χ2v) is 9.67. The van der Waals surface area contributed by atoms with Crippen molar-refractivity contribution in [2.24, 2.45) is 0 Å².